The fourth-order valence-corrected chi connectivity index (χ4v) is 4.20. The van der Waals surface area contributed by atoms with Crippen LogP contribution in [0, 0.1) is 24.0 Å². The Morgan fingerprint density at radius 2 is 1.65 bits per heavy atom. The lowest BCUT2D eigenvalue weighted by Crippen LogP contribution is -2.29. The number of hydrogen-bond acceptors (Lipinski definition) is 5. The maximum Gasteiger partial charge on any atom is 0.271 e. The van der Waals surface area contributed by atoms with Gasteiger partial charge >= 0.3 is 0 Å². The topological polar surface area (TPSA) is 110 Å². The number of anilines is 2. The van der Waals surface area contributed by atoms with Gasteiger partial charge < -0.3 is 5.32 Å². The quantitative estimate of drug-likeness (QED) is 0.455. The fourth-order valence-electron chi connectivity index (χ4n) is 2.99. The van der Waals surface area contributed by atoms with Crippen molar-refractivity contribution in [2.24, 2.45) is 0 Å². The first kappa shape index (κ1) is 22.0. The van der Waals surface area contributed by atoms with Crippen LogP contribution in [0.2, 0.25) is 0 Å². The lowest BCUT2D eigenvalue weighted by molar-refractivity contribution is -0.384. The Labute approximate surface area is 180 Å². The number of carbonyl (C=O) groups excluding carboxylic acids is 1. The monoisotopic (exact) mass is 439 g/mol. The van der Waals surface area contributed by atoms with Crippen molar-refractivity contribution in [3.8, 4) is 0 Å². The van der Waals surface area contributed by atoms with Crippen LogP contribution in [0.3, 0.4) is 0 Å². The third kappa shape index (κ3) is 4.56. The van der Waals surface area contributed by atoms with Gasteiger partial charge in [0.05, 0.1) is 26.8 Å². The Morgan fingerprint density at radius 3 is 2.29 bits per heavy atom. The van der Waals surface area contributed by atoms with Crippen LogP contribution >= 0.6 is 0 Å². The third-order valence-electron chi connectivity index (χ3n) is 4.85. The molecule has 0 atom stereocenters. The maximum absolute atomic E-state index is 13.1. The first-order valence-corrected chi connectivity index (χ1v) is 10.8. The van der Waals surface area contributed by atoms with E-state index in [0.717, 1.165) is 9.87 Å². The van der Waals surface area contributed by atoms with Crippen molar-refractivity contribution in [1.82, 2.24) is 0 Å². The zero-order valence-electron chi connectivity index (χ0n) is 17.2. The van der Waals surface area contributed by atoms with Gasteiger partial charge in [0.1, 0.15) is 0 Å². The number of aryl methyl sites for hydroxylation is 2. The van der Waals surface area contributed by atoms with E-state index >= 15 is 0 Å². The van der Waals surface area contributed by atoms with Crippen LogP contribution < -0.4 is 9.62 Å². The second kappa shape index (κ2) is 8.57. The summed E-state index contributed by atoms with van der Waals surface area (Å²) in [6.07, 6.45) is 0. The minimum absolute atomic E-state index is 0.102. The van der Waals surface area contributed by atoms with Crippen LogP contribution in [0.25, 0.3) is 0 Å². The molecule has 0 aliphatic rings. The molecule has 0 radical (unpaired) electrons. The van der Waals surface area contributed by atoms with E-state index in [0.29, 0.717) is 5.56 Å². The van der Waals surface area contributed by atoms with Crippen molar-refractivity contribution in [3.05, 3.63) is 93.5 Å². The molecule has 0 heterocycles. The van der Waals surface area contributed by atoms with Gasteiger partial charge in [-0.25, -0.2) is 8.42 Å². The smallest absolute Gasteiger partial charge is 0.271 e. The summed E-state index contributed by atoms with van der Waals surface area (Å²) in [5.74, 6) is -0.579. The normalized spacial score (nSPS) is 11.1. The molecule has 0 fully saturated rings. The van der Waals surface area contributed by atoms with E-state index in [1.165, 1.54) is 49.5 Å². The summed E-state index contributed by atoms with van der Waals surface area (Å²) in [5, 5.41) is 13.7. The van der Waals surface area contributed by atoms with Gasteiger partial charge in [0.25, 0.3) is 21.6 Å². The summed E-state index contributed by atoms with van der Waals surface area (Å²) >= 11 is 0. The molecule has 3 aromatic carbocycles. The molecule has 0 bridgehead atoms. The lowest BCUT2D eigenvalue weighted by Gasteiger charge is -2.22. The Bertz CT molecular complexity index is 1250. The van der Waals surface area contributed by atoms with Crippen LogP contribution in [0.15, 0.2) is 71.6 Å². The van der Waals surface area contributed by atoms with Gasteiger partial charge in [-0.05, 0) is 43.7 Å². The summed E-state index contributed by atoms with van der Waals surface area (Å²) < 4.78 is 27.2. The Kier molecular flexibility index (Phi) is 6.07. The molecule has 1 N–H and O–H groups in total. The number of non-ortho nitro benzene ring substituents is 1. The molecule has 31 heavy (non-hydrogen) atoms. The minimum Gasteiger partial charge on any atom is -0.321 e. The van der Waals surface area contributed by atoms with Crippen molar-refractivity contribution in [1.29, 1.82) is 0 Å². The molecular weight excluding hydrogens is 418 g/mol. The number of amides is 1. The predicted octanol–water partition coefficient (Wildman–Crippen LogP) is 4.29. The number of para-hydroxylation sites is 1. The van der Waals surface area contributed by atoms with Gasteiger partial charge in [0.2, 0.25) is 0 Å². The van der Waals surface area contributed by atoms with Gasteiger partial charge in [-0.2, -0.15) is 0 Å². The highest BCUT2D eigenvalue weighted by Gasteiger charge is 2.25. The van der Waals surface area contributed by atoms with E-state index < -0.39 is 20.9 Å². The summed E-state index contributed by atoms with van der Waals surface area (Å²) in [4.78, 5) is 23.6. The molecule has 3 aromatic rings. The van der Waals surface area contributed by atoms with Crippen LogP contribution in [-0.2, 0) is 10.0 Å². The molecule has 0 saturated heterocycles. The highest BCUT2D eigenvalue weighted by atomic mass is 32.2. The van der Waals surface area contributed by atoms with Crippen LogP contribution in [-0.4, -0.2) is 26.3 Å². The fraction of sp³-hybridized carbons (Fsp3) is 0.136. The Hall–Kier alpha value is -3.72. The van der Waals surface area contributed by atoms with E-state index in [4.69, 9.17) is 0 Å². The van der Waals surface area contributed by atoms with Gasteiger partial charge in [-0.15, -0.1) is 0 Å². The molecule has 9 heteroatoms. The molecule has 8 nitrogen and oxygen atoms in total. The molecule has 1 amide bonds. The summed E-state index contributed by atoms with van der Waals surface area (Å²) in [7, 11) is -2.52. The van der Waals surface area contributed by atoms with Crippen LogP contribution in [0.1, 0.15) is 21.5 Å². The number of nitrogens with one attached hydrogen (secondary N) is 1. The summed E-state index contributed by atoms with van der Waals surface area (Å²) in [5.41, 5.74) is 1.98. The molecule has 160 valence electrons. The van der Waals surface area contributed by atoms with Gasteiger partial charge in [-0.1, -0.05) is 35.9 Å². The second-order valence-electron chi connectivity index (χ2n) is 7.01. The standard InChI is InChI=1S/C22H21N3O5S/c1-15-8-12-18(13-9-15)31(29,30)24(3)21-7-5-4-6-19(21)22(26)23-20-14-17(25(27)28)11-10-16(20)2/h4-14H,1-3H3,(H,23,26). The van der Waals surface area contributed by atoms with E-state index in [-0.39, 0.29) is 27.5 Å². The van der Waals surface area contributed by atoms with Crippen molar-refractivity contribution in [3.63, 3.8) is 0 Å². The number of carbonyl (C=O) groups is 1. The molecule has 3 rings (SSSR count). The first-order valence-electron chi connectivity index (χ1n) is 9.32. The van der Waals surface area contributed by atoms with Gasteiger partial charge in [0.15, 0.2) is 0 Å². The number of benzene rings is 3. The number of nitrogens with zero attached hydrogens (tertiary/aromatic N) is 2. The average Bonchev–Trinajstić information content (AvgIpc) is 2.74. The average molecular weight is 439 g/mol. The van der Waals surface area contributed by atoms with E-state index in [2.05, 4.69) is 5.32 Å². The summed E-state index contributed by atoms with van der Waals surface area (Å²) in [6, 6.07) is 16.8. The zero-order valence-corrected chi connectivity index (χ0v) is 18.0. The second-order valence-corrected chi connectivity index (χ2v) is 8.98. The Morgan fingerprint density at radius 1 is 1.00 bits per heavy atom. The maximum atomic E-state index is 13.1. The lowest BCUT2D eigenvalue weighted by atomic mass is 10.1. The number of hydrogen-bond donors (Lipinski definition) is 1. The molecule has 0 aliphatic heterocycles. The number of sulfonamides is 1. The molecule has 0 unspecified atom stereocenters. The SMILES string of the molecule is Cc1ccc(S(=O)(=O)N(C)c2ccccc2C(=O)Nc2cc([N+](=O)[O-])ccc2C)cc1. The number of nitro benzene ring substituents is 1. The summed E-state index contributed by atoms with van der Waals surface area (Å²) in [6.45, 7) is 3.56. The number of rotatable bonds is 6. The van der Waals surface area contributed by atoms with Crippen molar-refractivity contribution >= 4 is 33.0 Å². The van der Waals surface area contributed by atoms with Crippen molar-refractivity contribution in [2.45, 2.75) is 18.7 Å². The van der Waals surface area contributed by atoms with Gasteiger partial charge in [-0.3, -0.25) is 19.2 Å². The molecule has 0 aliphatic carbocycles. The largest absolute Gasteiger partial charge is 0.321 e. The van der Waals surface area contributed by atoms with Gasteiger partial charge in [0, 0.05) is 19.2 Å². The molecule has 0 saturated carbocycles. The van der Waals surface area contributed by atoms with Crippen LogP contribution in [0.5, 0.6) is 0 Å². The zero-order chi connectivity index (χ0) is 22.8. The molecule has 0 spiro atoms. The van der Waals surface area contributed by atoms with Crippen molar-refractivity contribution < 1.29 is 18.1 Å². The third-order valence-corrected chi connectivity index (χ3v) is 6.63. The highest BCUT2D eigenvalue weighted by molar-refractivity contribution is 7.92. The first-order chi connectivity index (χ1) is 14.6. The highest BCUT2D eigenvalue weighted by Crippen LogP contribution is 2.28. The van der Waals surface area contributed by atoms with E-state index in [1.807, 2.05) is 6.92 Å². The van der Waals surface area contributed by atoms with Crippen molar-refractivity contribution in [2.75, 3.05) is 16.7 Å². The number of nitro groups is 1. The van der Waals surface area contributed by atoms with E-state index in [1.54, 1.807) is 31.2 Å². The van der Waals surface area contributed by atoms with E-state index in [9.17, 15) is 23.3 Å². The Balaban J connectivity index is 1.97. The molecule has 0 aromatic heterocycles. The predicted molar refractivity (Wildman–Crippen MR) is 119 cm³/mol. The van der Waals surface area contributed by atoms with Crippen LogP contribution in [0.4, 0.5) is 17.1 Å². The minimum atomic E-state index is -3.90. The molecular formula is C22H21N3O5S.